The van der Waals surface area contributed by atoms with Gasteiger partial charge in [0.2, 0.25) is 5.91 Å². The number of halogens is 2. The zero-order valence-electron chi connectivity index (χ0n) is 16.2. The van der Waals surface area contributed by atoms with Crippen LogP contribution in [0.5, 0.6) is 11.5 Å². The van der Waals surface area contributed by atoms with E-state index in [0.717, 1.165) is 10.1 Å². The van der Waals surface area contributed by atoms with E-state index >= 15 is 0 Å². The standard InChI is InChI=1S/C21H19F2N3O3S/c1-26-13-12-24-21(26)30-16-9-7-15(8-10-16)25-18(27)11-6-14-4-3-5-17(28-2)19(14)29-20(22)23/h3-13,20H,1-2H3,(H,25,27)/b11-6+. The molecule has 9 heteroatoms. The van der Waals surface area contributed by atoms with Crippen molar-refractivity contribution in [2.75, 3.05) is 12.4 Å². The Hall–Kier alpha value is -3.33. The molecule has 1 aromatic heterocycles. The molecule has 3 rings (SSSR count). The first kappa shape index (κ1) is 21.4. The van der Waals surface area contributed by atoms with Crippen molar-refractivity contribution >= 4 is 29.4 Å². The van der Waals surface area contributed by atoms with E-state index in [1.54, 1.807) is 30.5 Å². The summed E-state index contributed by atoms with van der Waals surface area (Å²) in [6.07, 6.45) is 6.22. The number of hydrogen-bond donors (Lipinski definition) is 1. The minimum absolute atomic E-state index is 0.130. The molecule has 1 amide bonds. The van der Waals surface area contributed by atoms with Crippen LogP contribution in [0.2, 0.25) is 0 Å². The molecule has 2 aromatic carbocycles. The highest BCUT2D eigenvalue weighted by Gasteiger charge is 2.14. The van der Waals surface area contributed by atoms with E-state index in [1.165, 1.54) is 37.1 Å². The van der Waals surface area contributed by atoms with Gasteiger partial charge in [-0.25, -0.2) is 4.98 Å². The normalized spacial score (nSPS) is 11.1. The molecule has 30 heavy (non-hydrogen) atoms. The fraction of sp³-hybridized carbons (Fsp3) is 0.143. The first-order valence-corrected chi connectivity index (χ1v) is 9.64. The Balaban J connectivity index is 1.65. The molecule has 0 saturated carbocycles. The number of rotatable bonds is 8. The van der Waals surface area contributed by atoms with Crippen LogP contribution in [0, 0.1) is 0 Å². The Morgan fingerprint density at radius 3 is 2.63 bits per heavy atom. The van der Waals surface area contributed by atoms with Crippen molar-refractivity contribution in [3.05, 3.63) is 66.5 Å². The summed E-state index contributed by atoms with van der Waals surface area (Å²) in [6.45, 7) is -3.01. The fourth-order valence-electron chi connectivity index (χ4n) is 2.55. The van der Waals surface area contributed by atoms with Crippen molar-refractivity contribution in [3.8, 4) is 11.5 Å². The molecule has 1 N–H and O–H groups in total. The minimum Gasteiger partial charge on any atom is -0.493 e. The smallest absolute Gasteiger partial charge is 0.387 e. The molecular formula is C21H19F2N3O3S. The van der Waals surface area contributed by atoms with Crippen LogP contribution in [0.3, 0.4) is 0 Å². The third-order valence-corrected chi connectivity index (χ3v) is 5.04. The van der Waals surface area contributed by atoms with Gasteiger partial charge in [0.1, 0.15) is 0 Å². The lowest BCUT2D eigenvalue weighted by atomic mass is 10.1. The number of amides is 1. The molecule has 0 spiro atoms. The van der Waals surface area contributed by atoms with Gasteiger partial charge in [0.25, 0.3) is 0 Å². The number of aryl methyl sites for hydroxylation is 1. The van der Waals surface area contributed by atoms with Crippen molar-refractivity contribution in [2.24, 2.45) is 7.05 Å². The highest BCUT2D eigenvalue weighted by Crippen LogP contribution is 2.33. The second kappa shape index (κ2) is 9.93. The first-order chi connectivity index (χ1) is 14.5. The summed E-state index contributed by atoms with van der Waals surface area (Å²) in [7, 11) is 3.26. The molecule has 0 aliphatic rings. The number of hydrogen-bond acceptors (Lipinski definition) is 5. The lowest BCUT2D eigenvalue weighted by Crippen LogP contribution is -2.08. The second-order valence-electron chi connectivity index (χ2n) is 6.03. The van der Waals surface area contributed by atoms with Gasteiger partial charge in [-0.3, -0.25) is 4.79 Å². The number of para-hydroxylation sites is 1. The molecule has 3 aromatic rings. The Labute approximate surface area is 176 Å². The Morgan fingerprint density at radius 2 is 2.00 bits per heavy atom. The number of carbonyl (C=O) groups is 1. The van der Waals surface area contributed by atoms with Gasteiger partial charge in [-0.1, -0.05) is 23.9 Å². The van der Waals surface area contributed by atoms with E-state index in [-0.39, 0.29) is 11.5 Å². The fourth-order valence-corrected chi connectivity index (χ4v) is 3.35. The average Bonchev–Trinajstić information content (AvgIpc) is 3.12. The monoisotopic (exact) mass is 431 g/mol. The van der Waals surface area contributed by atoms with Crippen LogP contribution in [0.25, 0.3) is 6.08 Å². The van der Waals surface area contributed by atoms with Crippen molar-refractivity contribution in [1.29, 1.82) is 0 Å². The Morgan fingerprint density at radius 1 is 1.23 bits per heavy atom. The largest absolute Gasteiger partial charge is 0.493 e. The maximum Gasteiger partial charge on any atom is 0.387 e. The molecule has 0 bridgehead atoms. The number of imidazole rings is 1. The van der Waals surface area contributed by atoms with Crippen LogP contribution >= 0.6 is 11.8 Å². The molecular weight excluding hydrogens is 412 g/mol. The van der Waals surface area contributed by atoms with Gasteiger partial charge in [-0.05, 0) is 36.4 Å². The number of benzene rings is 2. The molecule has 6 nitrogen and oxygen atoms in total. The van der Waals surface area contributed by atoms with Crippen LogP contribution < -0.4 is 14.8 Å². The lowest BCUT2D eigenvalue weighted by Gasteiger charge is -2.12. The number of alkyl halides is 2. The summed E-state index contributed by atoms with van der Waals surface area (Å²) in [6, 6.07) is 12.0. The van der Waals surface area contributed by atoms with Crippen molar-refractivity contribution < 1.29 is 23.0 Å². The zero-order valence-corrected chi connectivity index (χ0v) is 17.0. The van der Waals surface area contributed by atoms with E-state index in [2.05, 4.69) is 15.0 Å². The number of carbonyl (C=O) groups excluding carboxylic acids is 1. The van der Waals surface area contributed by atoms with E-state index in [0.29, 0.717) is 11.3 Å². The lowest BCUT2D eigenvalue weighted by molar-refractivity contribution is -0.111. The summed E-state index contributed by atoms with van der Waals surface area (Å²) in [5.41, 5.74) is 0.898. The van der Waals surface area contributed by atoms with Crippen molar-refractivity contribution in [1.82, 2.24) is 9.55 Å². The predicted molar refractivity (Wildman–Crippen MR) is 111 cm³/mol. The topological polar surface area (TPSA) is 65.4 Å². The molecule has 0 unspecified atom stereocenters. The summed E-state index contributed by atoms with van der Waals surface area (Å²) >= 11 is 1.50. The molecule has 156 valence electrons. The van der Waals surface area contributed by atoms with Crippen LogP contribution in [0.4, 0.5) is 14.5 Å². The number of anilines is 1. The number of nitrogens with one attached hydrogen (secondary N) is 1. The van der Waals surface area contributed by atoms with E-state index in [9.17, 15) is 13.6 Å². The molecule has 0 fully saturated rings. The quantitative estimate of drug-likeness (QED) is 0.518. The van der Waals surface area contributed by atoms with Gasteiger partial charge in [-0.15, -0.1) is 0 Å². The van der Waals surface area contributed by atoms with Gasteiger partial charge < -0.3 is 19.4 Å². The molecule has 0 saturated heterocycles. The third-order valence-electron chi connectivity index (χ3n) is 3.96. The highest BCUT2D eigenvalue weighted by atomic mass is 32.2. The minimum atomic E-state index is -3.01. The van der Waals surface area contributed by atoms with Crippen molar-refractivity contribution in [2.45, 2.75) is 16.7 Å². The number of aromatic nitrogens is 2. The van der Waals surface area contributed by atoms with Crippen LogP contribution in [0.15, 0.2) is 71.0 Å². The van der Waals surface area contributed by atoms with E-state index in [1.807, 2.05) is 29.9 Å². The van der Waals surface area contributed by atoms with Gasteiger partial charge in [0.05, 0.1) is 7.11 Å². The molecule has 0 aliphatic heterocycles. The Kier molecular flexibility index (Phi) is 7.08. The van der Waals surface area contributed by atoms with Gasteiger partial charge in [0, 0.05) is 41.7 Å². The van der Waals surface area contributed by atoms with Crippen LogP contribution in [-0.4, -0.2) is 29.2 Å². The van der Waals surface area contributed by atoms with E-state index < -0.39 is 12.5 Å². The number of nitrogens with zero attached hydrogens (tertiary/aromatic N) is 2. The highest BCUT2D eigenvalue weighted by molar-refractivity contribution is 7.99. The van der Waals surface area contributed by atoms with E-state index in [4.69, 9.17) is 4.74 Å². The van der Waals surface area contributed by atoms with Crippen molar-refractivity contribution in [3.63, 3.8) is 0 Å². The summed E-state index contributed by atoms with van der Waals surface area (Å²) in [5.74, 6) is -0.390. The third kappa shape index (κ3) is 5.60. The van der Waals surface area contributed by atoms with Gasteiger partial charge in [-0.2, -0.15) is 8.78 Å². The second-order valence-corrected chi connectivity index (χ2v) is 7.07. The van der Waals surface area contributed by atoms with Gasteiger partial charge in [0.15, 0.2) is 16.7 Å². The number of methoxy groups -OCH3 is 1. The SMILES string of the molecule is COc1cccc(/C=C/C(=O)Nc2ccc(Sc3nccn3C)cc2)c1OC(F)F. The maximum absolute atomic E-state index is 12.7. The molecule has 0 atom stereocenters. The molecule has 0 aliphatic carbocycles. The summed E-state index contributed by atoms with van der Waals surface area (Å²) < 4.78 is 36.9. The summed E-state index contributed by atoms with van der Waals surface area (Å²) in [5, 5.41) is 3.58. The van der Waals surface area contributed by atoms with Crippen LogP contribution in [0.1, 0.15) is 5.56 Å². The summed E-state index contributed by atoms with van der Waals surface area (Å²) in [4.78, 5) is 17.5. The zero-order chi connectivity index (χ0) is 21.5. The maximum atomic E-state index is 12.7. The van der Waals surface area contributed by atoms with Gasteiger partial charge >= 0.3 is 6.61 Å². The van der Waals surface area contributed by atoms with Crippen LogP contribution in [-0.2, 0) is 11.8 Å². The predicted octanol–water partition coefficient (Wildman–Crippen LogP) is 4.83. The number of ether oxygens (including phenoxy) is 2. The Bertz CT molecular complexity index is 1040. The molecule has 0 radical (unpaired) electrons. The molecule has 1 heterocycles. The first-order valence-electron chi connectivity index (χ1n) is 8.82. The average molecular weight is 431 g/mol.